The fourth-order valence-electron chi connectivity index (χ4n) is 8.53. The van der Waals surface area contributed by atoms with Gasteiger partial charge in [0.05, 0.1) is 13.1 Å². The van der Waals surface area contributed by atoms with E-state index in [4.69, 9.17) is 9.47 Å². The average molecular weight is 949 g/mol. The molecule has 0 aromatic rings. The number of ether oxygens (including phenoxy) is 2. The molecule has 2 rings (SSSR count). The van der Waals surface area contributed by atoms with Gasteiger partial charge in [-0.05, 0) is 96.7 Å². The van der Waals surface area contributed by atoms with Crippen LogP contribution in [0.25, 0.3) is 0 Å². The van der Waals surface area contributed by atoms with E-state index in [9.17, 15) is 19.2 Å². The molecule has 1 atom stereocenters. The van der Waals surface area contributed by atoms with E-state index in [1.165, 1.54) is 135 Å². The van der Waals surface area contributed by atoms with Gasteiger partial charge in [-0.25, -0.2) is 9.59 Å². The zero-order valence-electron chi connectivity index (χ0n) is 42.9. The van der Waals surface area contributed by atoms with Gasteiger partial charge in [-0.15, -0.1) is 0 Å². The SMILES string of the molecule is CCCCCCCCC(CC)OC(=O)CCCCCCCN(CCCCCCCC(=O)OC(CCCCCCCC)CCCCCCCC)CCCNC1=NC(=O)NC1.O=C1NCC(=S)N1. The van der Waals surface area contributed by atoms with E-state index in [-0.39, 0.29) is 36.2 Å². The van der Waals surface area contributed by atoms with Crippen molar-refractivity contribution in [3.05, 3.63) is 0 Å². The molecule has 4 N–H and O–H groups in total. The Balaban J connectivity index is 0.00000282. The highest BCUT2D eigenvalue weighted by molar-refractivity contribution is 7.80. The molecular weight excluding hydrogens is 849 g/mol. The van der Waals surface area contributed by atoms with Gasteiger partial charge >= 0.3 is 24.0 Å². The molecule has 384 valence electrons. The van der Waals surface area contributed by atoms with Crippen LogP contribution in [0, 0.1) is 0 Å². The number of thiocarbonyl (C=S) groups is 1. The van der Waals surface area contributed by atoms with Crippen LogP contribution in [0.15, 0.2) is 4.99 Å². The van der Waals surface area contributed by atoms with E-state index in [1.807, 2.05) is 0 Å². The summed E-state index contributed by atoms with van der Waals surface area (Å²) in [6.07, 6.45) is 40.2. The summed E-state index contributed by atoms with van der Waals surface area (Å²) in [6, 6.07) is -0.447. The van der Waals surface area contributed by atoms with Gasteiger partial charge in [0.1, 0.15) is 23.0 Å². The summed E-state index contributed by atoms with van der Waals surface area (Å²) in [4.78, 5) is 54.0. The second kappa shape index (κ2) is 44.7. The molecule has 66 heavy (non-hydrogen) atoms. The normalized spacial score (nSPS) is 13.8. The molecule has 1 unspecified atom stereocenters. The zero-order chi connectivity index (χ0) is 48.1. The van der Waals surface area contributed by atoms with Crippen molar-refractivity contribution in [2.75, 3.05) is 39.3 Å². The molecular formula is C53H100N6O6S. The maximum atomic E-state index is 12.8. The van der Waals surface area contributed by atoms with Crippen LogP contribution in [0.4, 0.5) is 9.59 Å². The molecule has 12 nitrogen and oxygen atoms in total. The van der Waals surface area contributed by atoms with Gasteiger partial charge in [0, 0.05) is 19.4 Å². The first-order chi connectivity index (χ1) is 32.2. The van der Waals surface area contributed by atoms with Crippen LogP contribution < -0.4 is 21.3 Å². The molecule has 0 aliphatic carbocycles. The minimum atomic E-state index is -0.257. The van der Waals surface area contributed by atoms with Gasteiger partial charge in [0.2, 0.25) is 0 Å². The third kappa shape index (κ3) is 38.2. The predicted octanol–water partition coefficient (Wildman–Crippen LogP) is 13.2. The maximum Gasteiger partial charge on any atom is 0.343 e. The molecule has 0 aromatic carbocycles. The highest BCUT2D eigenvalue weighted by atomic mass is 32.1. The molecule has 2 aliphatic rings. The monoisotopic (exact) mass is 949 g/mol. The minimum Gasteiger partial charge on any atom is -0.462 e. The smallest absolute Gasteiger partial charge is 0.343 e. The number of nitrogens with one attached hydrogen (secondary N) is 4. The Hall–Kier alpha value is -2.80. The Morgan fingerprint density at radius 1 is 0.561 bits per heavy atom. The largest absolute Gasteiger partial charge is 0.462 e. The van der Waals surface area contributed by atoms with Gasteiger partial charge in [-0.1, -0.05) is 175 Å². The van der Waals surface area contributed by atoms with E-state index in [2.05, 4.69) is 71.1 Å². The molecule has 0 saturated carbocycles. The molecule has 0 aromatic heterocycles. The molecule has 0 spiro atoms. The third-order valence-corrected chi connectivity index (χ3v) is 12.9. The lowest BCUT2D eigenvalue weighted by atomic mass is 10.0. The van der Waals surface area contributed by atoms with Crippen molar-refractivity contribution < 1.29 is 28.7 Å². The van der Waals surface area contributed by atoms with Gasteiger partial charge < -0.3 is 35.6 Å². The van der Waals surface area contributed by atoms with Crippen LogP contribution in [-0.4, -0.2) is 91.2 Å². The fraction of sp³-hybridized carbons (Fsp3) is 0.887. The van der Waals surface area contributed by atoms with Gasteiger partial charge in [0.25, 0.3) is 0 Å². The second-order valence-corrected chi connectivity index (χ2v) is 19.4. The molecule has 2 heterocycles. The summed E-state index contributed by atoms with van der Waals surface area (Å²) in [6.45, 7) is 13.9. The number of hydrogen-bond donors (Lipinski definition) is 4. The van der Waals surface area contributed by atoms with Crippen LogP contribution >= 0.6 is 12.2 Å². The molecule has 2 aliphatic heterocycles. The van der Waals surface area contributed by atoms with Crippen molar-refractivity contribution in [2.24, 2.45) is 4.99 Å². The Morgan fingerprint density at radius 3 is 1.39 bits per heavy atom. The lowest BCUT2D eigenvalue weighted by Gasteiger charge is -2.22. The minimum absolute atomic E-state index is 0.0133. The Morgan fingerprint density at radius 2 is 0.985 bits per heavy atom. The van der Waals surface area contributed by atoms with E-state index < -0.39 is 0 Å². The Labute approximate surface area is 409 Å². The predicted molar refractivity (Wildman–Crippen MR) is 278 cm³/mol. The van der Waals surface area contributed by atoms with E-state index in [1.54, 1.807) is 0 Å². The first-order valence-electron chi connectivity index (χ1n) is 27.5. The average Bonchev–Trinajstić information content (AvgIpc) is 3.91. The van der Waals surface area contributed by atoms with E-state index in [0.717, 1.165) is 109 Å². The number of unbranched alkanes of at least 4 members (excludes halogenated alkanes) is 23. The second-order valence-electron chi connectivity index (χ2n) is 18.9. The number of urea groups is 2. The third-order valence-electron chi connectivity index (χ3n) is 12.7. The number of amidine groups is 1. The number of carbonyl (C=O) groups is 4. The summed E-state index contributed by atoms with van der Waals surface area (Å²) in [7, 11) is 0. The lowest BCUT2D eigenvalue weighted by Crippen LogP contribution is -2.33. The molecule has 4 amide bonds. The summed E-state index contributed by atoms with van der Waals surface area (Å²) in [5.74, 6) is 0.736. The number of aliphatic imine (C=N–C) groups is 1. The maximum absolute atomic E-state index is 12.8. The number of rotatable bonds is 44. The highest BCUT2D eigenvalue weighted by Gasteiger charge is 2.16. The molecule has 1 saturated heterocycles. The van der Waals surface area contributed by atoms with Crippen molar-refractivity contribution >= 4 is 47.0 Å². The number of nitrogens with zero attached hydrogens (tertiary/aromatic N) is 2. The van der Waals surface area contributed by atoms with Crippen molar-refractivity contribution in [2.45, 2.75) is 265 Å². The highest BCUT2D eigenvalue weighted by Crippen LogP contribution is 2.19. The number of esters is 2. The van der Waals surface area contributed by atoms with Crippen LogP contribution in [-0.2, 0) is 19.1 Å². The van der Waals surface area contributed by atoms with Crippen molar-refractivity contribution in [1.29, 1.82) is 0 Å². The van der Waals surface area contributed by atoms with E-state index >= 15 is 0 Å². The first-order valence-corrected chi connectivity index (χ1v) is 27.9. The van der Waals surface area contributed by atoms with Gasteiger partial charge in [0.15, 0.2) is 0 Å². The summed E-state index contributed by atoms with van der Waals surface area (Å²) < 4.78 is 11.9. The topological polar surface area (TPSA) is 150 Å². The van der Waals surface area contributed by atoms with Crippen LogP contribution in [0.5, 0.6) is 0 Å². The summed E-state index contributed by atoms with van der Waals surface area (Å²) >= 11 is 4.60. The molecule has 13 heteroatoms. The first kappa shape index (κ1) is 61.2. The van der Waals surface area contributed by atoms with Gasteiger partial charge in [-0.3, -0.25) is 9.59 Å². The fourth-order valence-corrected chi connectivity index (χ4v) is 8.70. The van der Waals surface area contributed by atoms with E-state index in [0.29, 0.717) is 30.9 Å². The van der Waals surface area contributed by atoms with Crippen LogP contribution in [0.2, 0.25) is 0 Å². The van der Waals surface area contributed by atoms with Crippen molar-refractivity contribution in [3.63, 3.8) is 0 Å². The van der Waals surface area contributed by atoms with Gasteiger partial charge in [-0.2, -0.15) is 4.99 Å². The van der Waals surface area contributed by atoms with Crippen LogP contribution in [0.1, 0.15) is 252 Å². The standard InChI is InChI=1S/C50H96N4O5.C3H4N2OS/c1-5-9-12-15-20-27-35-45(8-4)58-48(55)38-30-23-18-25-32-41-54(43-34-40-51-47-44-52-50(57)53-47)42-33-26-19-24-31-39-49(56)59-46(36-28-21-16-13-10-6-2)37-29-22-17-14-11-7-3;6-3-4-1-2(7)5-3/h45-46H,5-44H2,1-4H3,(H2,51,52,53,57);1H2,(H2,4,5,6,7). The number of hydrogen-bond acceptors (Lipinski definition) is 9. The summed E-state index contributed by atoms with van der Waals surface area (Å²) in [5.41, 5.74) is 0. The zero-order valence-corrected chi connectivity index (χ0v) is 43.7. The number of amides is 4. The summed E-state index contributed by atoms with van der Waals surface area (Å²) in [5, 5.41) is 10.9. The Kier molecular flexibility index (Phi) is 41.5. The van der Waals surface area contributed by atoms with Crippen molar-refractivity contribution in [3.8, 4) is 0 Å². The number of carbonyl (C=O) groups excluding carboxylic acids is 4. The lowest BCUT2D eigenvalue weighted by molar-refractivity contribution is -0.150. The van der Waals surface area contributed by atoms with Crippen molar-refractivity contribution in [1.82, 2.24) is 26.2 Å². The molecule has 0 bridgehead atoms. The van der Waals surface area contributed by atoms with Crippen LogP contribution in [0.3, 0.4) is 0 Å². The molecule has 1 fully saturated rings. The quantitative estimate of drug-likeness (QED) is 0.0266. The Bertz CT molecular complexity index is 1240. The molecule has 0 radical (unpaired) electrons.